The average Bonchev–Trinajstić information content (AvgIpc) is 2.63. The highest BCUT2D eigenvalue weighted by Gasteiger charge is 2.22. The summed E-state index contributed by atoms with van der Waals surface area (Å²) >= 11 is 1.88. The summed E-state index contributed by atoms with van der Waals surface area (Å²) in [6, 6.07) is 7.30. The Morgan fingerprint density at radius 3 is 2.65 bits per heavy atom. The normalized spacial score (nSPS) is 19.4. The highest BCUT2D eigenvalue weighted by atomic mass is 32.2. The van der Waals surface area contributed by atoms with E-state index in [9.17, 15) is 9.59 Å². The molecule has 23 heavy (non-hydrogen) atoms. The van der Waals surface area contributed by atoms with Gasteiger partial charge in [0.2, 0.25) is 5.91 Å². The summed E-state index contributed by atoms with van der Waals surface area (Å²) < 4.78 is 0. The van der Waals surface area contributed by atoms with Gasteiger partial charge in [-0.05, 0) is 44.1 Å². The molecule has 0 spiro atoms. The molecule has 0 unspecified atom stereocenters. The van der Waals surface area contributed by atoms with E-state index in [1.807, 2.05) is 34.9 Å². The Morgan fingerprint density at radius 2 is 1.91 bits per heavy atom. The maximum absolute atomic E-state index is 12.5. The van der Waals surface area contributed by atoms with Gasteiger partial charge in [-0.15, -0.1) is 0 Å². The average molecular weight is 333 g/mol. The van der Waals surface area contributed by atoms with Gasteiger partial charge >= 0.3 is 0 Å². The molecular weight excluding hydrogens is 310 g/mol. The minimum absolute atomic E-state index is 0.0586. The van der Waals surface area contributed by atoms with Crippen LogP contribution in [0, 0.1) is 5.92 Å². The fourth-order valence-corrected chi connectivity index (χ4v) is 3.91. The fourth-order valence-electron chi connectivity index (χ4n) is 3.01. The molecule has 0 radical (unpaired) electrons. The van der Waals surface area contributed by atoms with Crippen molar-refractivity contribution in [2.45, 2.75) is 12.8 Å². The number of nitrogens with one attached hydrogen (secondary N) is 2. The van der Waals surface area contributed by atoms with Gasteiger partial charge in [-0.1, -0.05) is 6.07 Å². The van der Waals surface area contributed by atoms with Crippen molar-refractivity contribution in [2.75, 3.05) is 43.0 Å². The molecule has 2 aliphatic heterocycles. The summed E-state index contributed by atoms with van der Waals surface area (Å²) in [4.78, 5) is 26.7. The maximum Gasteiger partial charge on any atom is 0.253 e. The first-order valence-electron chi connectivity index (χ1n) is 8.23. The van der Waals surface area contributed by atoms with E-state index in [1.54, 1.807) is 6.07 Å². The van der Waals surface area contributed by atoms with Crippen molar-refractivity contribution in [2.24, 2.45) is 5.92 Å². The van der Waals surface area contributed by atoms with Gasteiger partial charge < -0.3 is 15.5 Å². The summed E-state index contributed by atoms with van der Waals surface area (Å²) in [6.07, 6.45) is 1.74. The molecule has 124 valence electrons. The van der Waals surface area contributed by atoms with Crippen molar-refractivity contribution in [3.8, 4) is 0 Å². The van der Waals surface area contributed by atoms with E-state index in [0.717, 1.165) is 50.5 Å². The van der Waals surface area contributed by atoms with Crippen molar-refractivity contribution in [1.29, 1.82) is 0 Å². The molecule has 2 amide bonds. The Hall–Kier alpha value is -1.53. The summed E-state index contributed by atoms with van der Waals surface area (Å²) in [5.74, 6) is 2.18. The Labute approximate surface area is 141 Å². The Balaban J connectivity index is 1.64. The minimum atomic E-state index is 0.0586. The molecule has 1 aromatic carbocycles. The molecule has 2 heterocycles. The molecule has 0 bridgehead atoms. The first kappa shape index (κ1) is 16.3. The van der Waals surface area contributed by atoms with Gasteiger partial charge in [0.25, 0.3) is 5.91 Å². The highest BCUT2D eigenvalue weighted by Crippen LogP contribution is 2.18. The Bertz CT molecular complexity index is 567. The molecule has 3 rings (SSSR count). The van der Waals surface area contributed by atoms with Gasteiger partial charge in [-0.25, -0.2) is 0 Å². The first-order chi connectivity index (χ1) is 11.2. The lowest BCUT2D eigenvalue weighted by molar-refractivity contribution is -0.120. The summed E-state index contributed by atoms with van der Waals surface area (Å²) in [5, 5.41) is 6.23. The third-order valence-electron chi connectivity index (χ3n) is 4.39. The maximum atomic E-state index is 12.5. The molecule has 1 aromatic rings. The number of carbonyl (C=O) groups is 2. The summed E-state index contributed by atoms with van der Waals surface area (Å²) in [6.45, 7) is 3.39. The predicted octanol–water partition coefficient (Wildman–Crippen LogP) is 1.81. The second kappa shape index (κ2) is 7.84. The number of benzene rings is 1. The molecule has 5 nitrogen and oxygen atoms in total. The quantitative estimate of drug-likeness (QED) is 0.886. The van der Waals surface area contributed by atoms with E-state index in [2.05, 4.69) is 10.6 Å². The number of hydrogen-bond donors (Lipinski definition) is 2. The molecule has 2 N–H and O–H groups in total. The lowest BCUT2D eigenvalue weighted by Crippen LogP contribution is -2.38. The van der Waals surface area contributed by atoms with Crippen LogP contribution in [0.25, 0.3) is 0 Å². The summed E-state index contributed by atoms with van der Waals surface area (Å²) in [5.41, 5.74) is 1.37. The van der Waals surface area contributed by atoms with E-state index >= 15 is 0 Å². The zero-order valence-electron chi connectivity index (χ0n) is 13.2. The Kier molecular flexibility index (Phi) is 5.56. The van der Waals surface area contributed by atoms with Crippen molar-refractivity contribution in [3.05, 3.63) is 29.8 Å². The molecule has 2 fully saturated rings. The van der Waals surface area contributed by atoms with Gasteiger partial charge in [0, 0.05) is 41.8 Å². The monoisotopic (exact) mass is 333 g/mol. The standard InChI is InChI=1S/C17H23N3O2S/c21-16(13-4-6-18-7-5-13)19-15-3-1-2-14(12-15)17(22)20-8-10-23-11-9-20/h1-3,12-13,18H,4-11H2,(H,19,21). The van der Waals surface area contributed by atoms with E-state index in [1.165, 1.54) is 0 Å². The molecule has 6 heteroatoms. The van der Waals surface area contributed by atoms with E-state index in [4.69, 9.17) is 0 Å². The van der Waals surface area contributed by atoms with Crippen molar-refractivity contribution >= 4 is 29.3 Å². The van der Waals surface area contributed by atoms with Gasteiger partial charge in [-0.2, -0.15) is 11.8 Å². The van der Waals surface area contributed by atoms with Crippen LogP contribution in [0.4, 0.5) is 5.69 Å². The van der Waals surface area contributed by atoms with Gasteiger partial charge in [0.15, 0.2) is 0 Å². The molecule has 0 aromatic heterocycles. The van der Waals surface area contributed by atoms with Crippen LogP contribution in [0.2, 0.25) is 0 Å². The second-order valence-corrected chi connectivity index (χ2v) is 7.22. The van der Waals surface area contributed by atoms with E-state index < -0.39 is 0 Å². The zero-order valence-corrected chi connectivity index (χ0v) is 14.0. The van der Waals surface area contributed by atoms with Crippen LogP contribution in [0.5, 0.6) is 0 Å². The smallest absolute Gasteiger partial charge is 0.253 e. The minimum Gasteiger partial charge on any atom is -0.337 e. The Morgan fingerprint density at radius 1 is 1.17 bits per heavy atom. The SMILES string of the molecule is O=C(Nc1cccc(C(=O)N2CCSCC2)c1)C1CCNCC1. The number of nitrogens with zero attached hydrogens (tertiary/aromatic N) is 1. The third-order valence-corrected chi connectivity index (χ3v) is 5.33. The lowest BCUT2D eigenvalue weighted by Gasteiger charge is -2.26. The molecule has 0 aliphatic carbocycles. The van der Waals surface area contributed by atoms with Gasteiger partial charge in [0.05, 0.1) is 0 Å². The fraction of sp³-hybridized carbons (Fsp3) is 0.529. The van der Waals surface area contributed by atoms with Gasteiger partial charge in [-0.3, -0.25) is 9.59 Å². The molecule has 0 saturated carbocycles. The molecule has 2 aliphatic rings. The van der Waals surface area contributed by atoms with Crippen LogP contribution in [0.15, 0.2) is 24.3 Å². The van der Waals surface area contributed by atoms with Crippen LogP contribution in [-0.4, -0.2) is 54.4 Å². The number of piperidine rings is 1. The van der Waals surface area contributed by atoms with E-state index in [-0.39, 0.29) is 17.7 Å². The molecule has 0 atom stereocenters. The van der Waals surface area contributed by atoms with Crippen LogP contribution < -0.4 is 10.6 Å². The van der Waals surface area contributed by atoms with Crippen molar-refractivity contribution < 1.29 is 9.59 Å². The third kappa shape index (κ3) is 4.26. The van der Waals surface area contributed by atoms with Crippen molar-refractivity contribution in [3.63, 3.8) is 0 Å². The molecule has 2 saturated heterocycles. The predicted molar refractivity (Wildman–Crippen MR) is 93.9 cm³/mol. The number of rotatable bonds is 3. The zero-order chi connectivity index (χ0) is 16.1. The van der Waals surface area contributed by atoms with Crippen LogP contribution >= 0.6 is 11.8 Å². The van der Waals surface area contributed by atoms with Crippen LogP contribution in [0.3, 0.4) is 0 Å². The number of carbonyl (C=O) groups excluding carboxylic acids is 2. The second-order valence-electron chi connectivity index (χ2n) is 6.00. The lowest BCUT2D eigenvalue weighted by atomic mass is 9.97. The largest absolute Gasteiger partial charge is 0.337 e. The van der Waals surface area contributed by atoms with Crippen LogP contribution in [0.1, 0.15) is 23.2 Å². The topological polar surface area (TPSA) is 61.4 Å². The number of amides is 2. The van der Waals surface area contributed by atoms with Crippen molar-refractivity contribution in [1.82, 2.24) is 10.2 Å². The molecular formula is C17H23N3O2S. The number of thioether (sulfide) groups is 1. The van der Waals surface area contributed by atoms with E-state index in [0.29, 0.717) is 11.3 Å². The summed E-state index contributed by atoms with van der Waals surface area (Å²) in [7, 11) is 0. The first-order valence-corrected chi connectivity index (χ1v) is 9.38. The number of anilines is 1. The number of hydrogen-bond acceptors (Lipinski definition) is 4. The highest BCUT2D eigenvalue weighted by molar-refractivity contribution is 7.99. The van der Waals surface area contributed by atoms with Crippen LogP contribution in [-0.2, 0) is 4.79 Å². The van der Waals surface area contributed by atoms with Gasteiger partial charge in [0.1, 0.15) is 0 Å².